The van der Waals surface area contributed by atoms with Crippen LogP contribution >= 0.6 is 35.0 Å². The zero-order valence-corrected chi connectivity index (χ0v) is 13.2. The molecule has 1 aliphatic rings. The summed E-state index contributed by atoms with van der Waals surface area (Å²) in [4.78, 5) is 4.60. The third-order valence-electron chi connectivity index (χ3n) is 3.62. The Bertz CT molecular complexity index is 623. The summed E-state index contributed by atoms with van der Waals surface area (Å²) in [6.45, 7) is 0. The number of benzene rings is 1. The molecule has 0 bridgehead atoms. The lowest BCUT2D eigenvalue weighted by Gasteiger charge is -2.25. The molecule has 1 aliphatic heterocycles. The Morgan fingerprint density at radius 1 is 1.45 bits per heavy atom. The molecule has 0 saturated carbocycles. The molecule has 0 aliphatic carbocycles. The Balaban J connectivity index is 2.14. The Labute approximate surface area is 131 Å². The predicted octanol–water partition coefficient (Wildman–Crippen LogP) is 4.68. The Hall–Kier alpha value is -0.450. The number of fused-ring (bicyclic) bond motifs is 1. The van der Waals surface area contributed by atoms with E-state index in [1.807, 2.05) is 11.8 Å². The highest BCUT2D eigenvalue weighted by Crippen LogP contribution is 2.33. The average Bonchev–Trinajstić information content (AvgIpc) is 2.78. The van der Waals surface area contributed by atoms with E-state index < -0.39 is 0 Å². The van der Waals surface area contributed by atoms with E-state index >= 15 is 0 Å². The summed E-state index contributed by atoms with van der Waals surface area (Å²) in [6, 6.07) is 3.48. The zero-order valence-electron chi connectivity index (χ0n) is 10.9. The molecule has 20 heavy (non-hydrogen) atoms. The number of alkyl halides is 1. The van der Waals surface area contributed by atoms with Crippen LogP contribution in [0.5, 0.6) is 0 Å². The first-order chi connectivity index (χ1) is 9.70. The Morgan fingerprint density at radius 3 is 3.00 bits per heavy atom. The van der Waals surface area contributed by atoms with Crippen LogP contribution < -0.4 is 0 Å². The van der Waals surface area contributed by atoms with Crippen molar-refractivity contribution in [2.45, 2.75) is 25.3 Å². The summed E-state index contributed by atoms with van der Waals surface area (Å²) < 4.78 is 16.0. The van der Waals surface area contributed by atoms with Gasteiger partial charge in [-0.3, -0.25) is 0 Å². The molecule has 0 N–H and O–H groups in total. The normalized spacial score (nSPS) is 19.6. The van der Waals surface area contributed by atoms with Gasteiger partial charge in [0.2, 0.25) is 0 Å². The van der Waals surface area contributed by atoms with Crippen LogP contribution in [-0.2, 0) is 6.42 Å². The third kappa shape index (κ3) is 2.66. The van der Waals surface area contributed by atoms with Gasteiger partial charge in [0.15, 0.2) is 0 Å². The summed E-state index contributed by atoms with van der Waals surface area (Å²) in [5.41, 5.74) is 1.59. The van der Waals surface area contributed by atoms with Gasteiger partial charge in [0.1, 0.15) is 11.6 Å². The minimum atomic E-state index is -0.388. The van der Waals surface area contributed by atoms with Crippen LogP contribution in [0.3, 0.4) is 0 Å². The molecule has 1 saturated heterocycles. The summed E-state index contributed by atoms with van der Waals surface area (Å²) in [5.74, 6) is 3.31. The Kier molecular flexibility index (Phi) is 4.43. The lowest BCUT2D eigenvalue weighted by atomic mass is 10.1. The van der Waals surface area contributed by atoms with E-state index in [0.29, 0.717) is 18.3 Å². The van der Waals surface area contributed by atoms with Crippen LogP contribution in [0.4, 0.5) is 4.39 Å². The SMILES string of the molecule is Fc1cc2c(cc1Cl)nc(CCCl)n2C1CCCSC1. The molecule has 1 unspecified atom stereocenters. The maximum absolute atomic E-state index is 13.8. The summed E-state index contributed by atoms with van der Waals surface area (Å²) >= 11 is 13.7. The molecule has 2 heterocycles. The number of hydrogen-bond donors (Lipinski definition) is 0. The molecule has 108 valence electrons. The second-order valence-corrected chi connectivity index (χ2v) is 6.90. The largest absolute Gasteiger partial charge is 0.324 e. The smallest absolute Gasteiger partial charge is 0.144 e. The van der Waals surface area contributed by atoms with Crippen molar-refractivity contribution < 1.29 is 4.39 Å². The second-order valence-electron chi connectivity index (χ2n) is 4.96. The average molecular weight is 333 g/mol. The first kappa shape index (κ1) is 14.5. The molecule has 2 aromatic rings. The van der Waals surface area contributed by atoms with E-state index in [4.69, 9.17) is 23.2 Å². The van der Waals surface area contributed by atoms with Crippen molar-refractivity contribution >= 4 is 46.0 Å². The van der Waals surface area contributed by atoms with Crippen molar-refractivity contribution in [2.24, 2.45) is 0 Å². The summed E-state index contributed by atoms with van der Waals surface area (Å²) in [6.07, 6.45) is 2.99. The topological polar surface area (TPSA) is 17.8 Å². The first-order valence-corrected chi connectivity index (χ1v) is 8.77. The fraction of sp³-hybridized carbons (Fsp3) is 0.500. The number of thioether (sulfide) groups is 1. The molecular weight excluding hydrogens is 318 g/mol. The van der Waals surface area contributed by atoms with Gasteiger partial charge in [-0.25, -0.2) is 9.37 Å². The van der Waals surface area contributed by atoms with Gasteiger partial charge in [-0.1, -0.05) is 11.6 Å². The molecule has 0 radical (unpaired) electrons. The highest BCUT2D eigenvalue weighted by molar-refractivity contribution is 7.99. The predicted molar refractivity (Wildman–Crippen MR) is 84.7 cm³/mol. The van der Waals surface area contributed by atoms with E-state index in [2.05, 4.69) is 9.55 Å². The zero-order chi connectivity index (χ0) is 14.1. The molecule has 6 heteroatoms. The van der Waals surface area contributed by atoms with Crippen molar-refractivity contribution in [1.82, 2.24) is 9.55 Å². The lowest BCUT2D eigenvalue weighted by molar-refractivity contribution is 0.495. The molecule has 1 aromatic carbocycles. The molecule has 3 rings (SSSR count). The third-order valence-corrected chi connectivity index (χ3v) is 5.30. The van der Waals surface area contributed by atoms with Gasteiger partial charge in [0.25, 0.3) is 0 Å². The number of aromatic nitrogens is 2. The van der Waals surface area contributed by atoms with Crippen LogP contribution in [0.25, 0.3) is 11.0 Å². The number of rotatable bonds is 3. The maximum Gasteiger partial charge on any atom is 0.144 e. The number of nitrogens with zero attached hydrogens (tertiary/aromatic N) is 2. The van der Waals surface area contributed by atoms with Crippen molar-refractivity contribution in [1.29, 1.82) is 0 Å². The quantitative estimate of drug-likeness (QED) is 0.759. The molecule has 2 nitrogen and oxygen atoms in total. The van der Waals surface area contributed by atoms with E-state index in [-0.39, 0.29) is 10.8 Å². The van der Waals surface area contributed by atoms with Gasteiger partial charge in [-0.05, 0) is 24.7 Å². The van der Waals surface area contributed by atoms with Crippen molar-refractivity contribution in [3.63, 3.8) is 0 Å². The molecular formula is C14H15Cl2FN2S. The number of hydrogen-bond acceptors (Lipinski definition) is 2. The van der Waals surface area contributed by atoms with Gasteiger partial charge >= 0.3 is 0 Å². The van der Waals surface area contributed by atoms with Crippen molar-refractivity contribution in [3.8, 4) is 0 Å². The number of aryl methyl sites for hydroxylation is 1. The highest BCUT2D eigenvalue weighted by atomic mass is 35.5. The standard InChI is InChI=1S/C14H15Cl2FN2S/c15-4-3-14-18-12-6-10(16)11(17)7-13(12)19(14)9-2-1-5-20-8-9/h6-7,9H,1-5,8H2. The van der Waals surface area contributed by atoms with Crippen LogP contribution in [0.2, 0.25) is 5.02 Å². The maximum atomic E-state index is 13.8. The van der Waals surface area contributed by atoms with Crippen LogP contribution in [0.15, 0.2) is 12.1 Å². The first-order valence-electron chi connectivity index (χ1n) is 6.70. The minimum absolute atomic E-state index is 0.123. The molecule has 1 atom stereocenters. The summed E-state index contributed by atoms with van der Waals surface area (Å²) in [7, 11) is 0. The van der Waals surface area contributed by atoms with Crippen LogP contribution in [0, 0.1) is 5.82 Å². The van der Waals surface area contributed by atoms with E-state index in [0.717, 1.165) is 29.0 Å². The number of halogens is 3. The van der Waals surface area contributed by atoms with Crippen LogP contribution in [0.1, 0.15) is 24.7 Å². The minimum Gasteiger partial charge on any atom is -0.324 e. The molecule has 0 amide bonds. The fourth-order valence-electron chi connectivity index (χ4n) is 2.74. The monoisotopic (exact) mass is 332 g/mol. The number of imidazole rings is 1. The Morgan fingerprint density at radius 2 is 2.30 bits per heavy atom. The summed E-state index contributed by atoms with van der Waals surface area (Å²) in [5, 5.41) is 0.123. The lowest BCUT2D eigenvalue weighted by Crippen LogP contribution is -2.18. The highest BCUT2D eigenvalue weighted by Gasteiger charge is 2.22. The van der Waals surface area contributed by atoms with Crippen molar-refractivity contribution in [2.75, 3.05) is 17.4 Å². The van der Waals surface area contributed by atoms with Gasteiger partial charge in [0, 0.05) is 30.2 Å². The molecule has 0 spiro atoms. The van der Waals surface area contributed by atoms with Gasteiger partial charge in [-0.15, -0.1) is 11.6 Å². The van der Waals surface area contributed by atoms with Gasteiger partial charge in [0.05, 0.1) is 16.1 Å². The van der Waals surface area contributed by atoms with E-state index in [1.165, 1.54) is 18.2 Å². The van der Waals surface area contributed by atoms with Crippen LogP contribution in [-0.4, -0.2) is 26.9 Å². The fourth-order valence-corrected chi connectivity index (χ4v) is 4.19. The van der Waals surface area contributed by atoms with Gasteiger partial charge in [-0.2, -0.15) is 11.8 Å². The molecule has 1 fully saturated rings. The second kappa shape index (κ2) is 6.12. The van der Waals surface area contributed by atoms with E-state index in [1.54, 1.807) is 6.07 Å². The van der Waals surface area contributed by atoms with E-state index in [9.17, 15) is 4.39 Å². The van der Waals surface area contributed by atoms with Gasteiger partial charge < -0.3 is 4.57 Å². The molecule has 1 aromatic heterocycles. The van der Waals surface area contributed by atoms with Crippen molar-refractivity contribution in [3.05, 3.63) is 28.8 Å².